The molecule has 26 heavy (non-hydrogen) atoms. The number of hydrogen-bond donors (Lipinski definition) is 3. The van der Waals surface area contributed by atoms with Gasteiger partial charge in [-0.1, -0.05) is 0 Å². The summed E-state index contributed by atoms with van der Waals surface area (Å²) in [6.07, 6.45) is 1.65. The molecule has 4 rings (SSSR count). The summed E-state index contributed by atoms with van der Waals surface area (Å²) in [5.41, 5.74) is 0.486. The summed E-state index contributed by atoms with van der Waals surface area (Å²) >= 11 is 0. The molecule has 0 saturated heterocycles. The molecule has 0 aliphatic carbocycles. The van der Waals surface area contributed by atoms with Crippen LogP contribution in [0, 0.1) is 0 Å². The third-order valence-corrected chi connectivity index (χ3v) is 4.64. The lowest BCUT2D eigenvalue weighted by atomic mass is 9.93. The number of phenolic OH excluding ortho intramolecular Hbond substituents is 2. The van der Waals surface area contributed by atoms with Gasteiger partial charge in [0, 0.05) is 17.7 Å². The third kappa shape index (κ3) is 2.54. The topological polar surface area (TPSA) is 100 Å². The van der Waals surface area contributed by atoms with E-state index >= 15 is 0 Å². The average Bonchev–Trinajstić information content (AvgIpc) is 2.56. The van der Waals surface area contributed by atoms with Crippen molar-refractivity contribution in [3.8, 4) is 34.3 Å². The van der Waals surface area contributed by atoms with Crippen molar-refractivity contribution < 1.29 is 24.5 Å². The first-order valence-corrected chi connectivity index (χ1v) is 8.29. The van der Waals surface area contributed by atoms with E-state index in [1.54, 1.807) is 12.1 Å². The Bertz CT molecular complexity index is 1090. The van der Waals surface area contributed by atoms with Crippen molar-refractivity contribution >= 4 is 11.0 Å². The molecule has 3 N–H and O–H groups in total. The SMILES string of the molecule is CC1(C)CCc2cc(-c3oc4cc(O)cc(O)c4c(=O)c3O)ccc2O1. The largest absolute Gasteiger partial charge is 0.508 e. The van der Waals surface area contributed by atoms with E-state index in [-0.39, 0.29) is 28.1 Å². The van der Waals surface area contributed by atoms with Crippen molar-refractivity contribution in [2.45, 2.75) is 32.3 Å². The Morgan fingerprint density at radius 1 is 1.08 bits per heavy atom. The number of ether oxygens (including phenoxy) is 1. The zero-order valence-corrected chi connectivity index (χ0v) is 14.4. The summed E-state index contributed by atoms with van der Waals surface area (Å²) in [6, 6.07) is 7.55. The Labute approximate surface area is 148 Å². The standard InChI is InChI=1S/C20H18O6/c1-20(2)6-5-10-7-11(3-4-14(10)26-20)19-18(24)17(23)16-13(22)8-12(21)9-15(16)25-19/h3-4,7-9,21-22,24H,5-6H2,1-2H3. The highest BCUT2D eigenvalue weighted by molar-refractivity contribution is 5.88. The second-order valence-electron chi connectivity index (χ2n) is 7.13. The number of hydrogen-bond acceptors (Lipinski definition) is 6. The van der Waals surface area contributed by atoms with Crippen molar-refractivity contribution in [1.29, 1.82) is 0 Å². The molecule has 1 aliphatic rings. The van der Waals surface area contributed by atoms with E-state index in [1.165, 1.54) is 6.07 Å². The lowest BCUT2D eigenvalue weighted by Crippen LogP contribution is -2.32. The van der Waals surface area contributed by atoms with Gasteiger partial charge in [-0.05, 0) is 50.5 Å². The van der Waals surface area contributed by atoms with Crippen molar-refractivity contribution in [2.75, 3.05) is 0 Å². The molecule has 1 aliphatic heterocycles. The lowest BCUT2D eigenvalue weighted by molar-refractivity contribution is 0.0847. The van der Waals surface area contributed by atoms with E-state index in [4.69, 9.17) is 9.15 Å². The molecule has 134 valence electrons. The second-order valence-corrected chi connectivity index (χ2v) is 7.13. The van der Waals surface area contributed by atoms with Gasteiger partial charge >= 0.3 is 0 Å². The monoisotopic (exact) mass is 354 g/mol. The average molecular weight is 354 g/mol. The highest BCUT2D eigenvalue weighted by Crippen LogP contribution is 2.39. The molecule has 1 aromatic heterocycles. The van der Waals surface area contributed by atoms with E-state index < -0.39 is 16.9 Å². The van der Waals surface area contributed by atoms with Crippen LogP contribution >= 0.6 is 0 Å². The summed E-state index contributed by atoms with van der Waals surface area (Å²) < 4.78 is 11.6. The Hall–Kier alpha value is -3.15. The van der Waals surface area contributed by atoms with Gasteiger partial charge < -0.3 is 24.5 Å². The number of benzene rings is 2. The predicted octanol–water partition coefficient (Wildman–Crippen LogP) is 3.68. The van der Waals surface area contributed by atoms with Gasteiger partial charge in [-0.25, -0.2) is 0 Å². The molecule has 0 fully saturated rings. The van der Waals surface area contributed by atoms with Crippen molar-refractivity contribution in [1.82, 2.24) is 0 Å². The number of fused-ring (bicyclic) bond motifs is 2. The van der Waals surface area contributed by atoms with Gasteiger partial charge in [0.05, 0.1) is 0 Å². The Morgan fingerprint density at radius 3 is 2.62 bits per heavy atom. The van der Waals surface area contributed by atoms with Crippen LogP contribution in [0.25, 0.3) is 22.3 Å². The molecule has 0 radical (unpaired) electrons. The first-order valence-electron chi connectivity index (χ1n) is 8.29. The highest BCUT2D eigenvalue weighted by atomic mass is 16.5. The third-order valence-electron chi connectivity index (χ3n) is 4.64. The summed E-state index contributed by atoms with van der Waals surface area (Å²) in [5, 5.41) is 29.7. The highest BCUT2D eigenvalue weighted by Gasteiger charge is 2.27. The lowest BCUT2D eigenvalue weighted by Gasteiger charge is -2.32. The summed E-state index contributed by atoms with van der Waals surface area (Å²) in [6.45, 7) is 4.05. The predicted molar refractivity (Wildman–Crippen MR) is 95.9 cm³/mol. The fourth-order valence-corrected chi connectivity index (χ4v) is 3.27. The molecule has 0 amide bonds. The maximum absolute atomic E-state index is 12.5. The summed E-state index contributed by atoms with van der Waals surface area (Å²) in [5.74, 6) is -0.522. The van der Waals surface area contributed by atoms with Gasteiger partial charge in [-0.3, -0.25) is 4.79 Å². The molecule has 0 saturated carbocycles. The number of phenols is 2. The van der Waals surface area contributed by atoms with E-state index in [1.807, 2.05) is 19.9 Å². The number of aryl methyl sites for hydroxylation is 1. The first kappa shape index (κ1) is 16.3. The minimum Gasteiger partial charge on any atom is -0.508 e. The van der Waals surface area contributed by atoms with Gasteiger partial charge in [-0.2, -0.15) is 0 Å². The van der Waals surface area contributed by atoms with Crippen LogP contribution in [-0.4, -0.2) is 20.9 Å². The molecule has 0 unspecified atom stereocenters. The van der Waals surface area contributed by atoms with Crippen LogP contribution in [0.5, 0.6) is 23.0 Å². The van der Waals surface area contributed by atoms with E-state index in [9.17, 15) is 20.1 Å². The fourth-order valence-electron chi connectivity index (χ4n) is 3.27. The number of rotatable bonds is 1. The van der Waals surface area contributed by atoms with Crippen molar-refractivity contribution in [3.05, 3.63) is 46.1 Å². The zero-order valence-electron chi connectivity index (χ0n) is 14.4. The first-order chi connectivity index (χ1) is 12.2. The molecule has 0 atom stereocenters. The van der Waals surface area contributed by atoms with Crippen LogP contribution in [0.3, 0.4) is 0 Å². The zero-order chi connectivity index (χ0) is 18.6. The molecule has 6 nitrogen and oxygen atoms in total. The van der Waals surface area contributed by atoms with Gasteiger partial charge in [0.1, 0.15) is 33.8 Å². The Morgan fingerprint density at radius 2 is 1.85 bits per heavy atom. The van der Waals surface area contributed by atoms with Crippen LogP contribution < -0.4 is 10.2 Å². The van der Waals surface area contributed by atoms with Gasteiger partial charge in [0.15, 0.2) is 5.76 Å². The van der Waals surface area contributed by atoms with Crippen LogP contribution in [-0.2, 0) is 6.42 Å². The summed E-state index contributed by atoms with van der Waals surface area (Å²) in [4.78, 5) is 12.5. The van der Waals surface area contributed by atoms with Gasteiger partial charge in [0.2, 0.25) is 11.2 Å². The van der Waals surface area contributed by atoms with Crippen LogP contribution in [0.15, 0.2) is 39.5 Å². The van der Waals surface area contributed by atoms with Crippen LogP contribution in [0.1, 0.15) is 25.8 Å². The molecule has 3 aromatic rings. The summed E-state index contributed by atoms with van der Waals surface area (Å²) in [7, 11) is 0. The van der Waals surface area contributed by atoms with Crippen LogP contribution in [0.2, 0.25) is 0 Å². The molecule has 6 heteroatoms. The Kier molecular flexibility index (Phi) is 3.41. The molecular formula is C20H18O6. The van der Waals surface area contributed by atoms with Crippen molar-refractivity contribution in [2.24, 2.45) is 0 Å². The second kappa shape index (κ2) is 5.42. The molecule has 2 heterocycles. The molecule has 0 bridgehead atoms. The smallest absolute Gasteiger partial charge is 0.238 e. The van der Waals surface area contributed by atoms with E-state index in [0.717, 1.165) is 30.2 Å². The molecule has 0 spiro atoms. The van der Waals surface area contributed by atoms with Crippen molar-refractivity contribution in [3.63, 3.8) is 0 Å². The minimum atomic E-state index is -0.756. The fraction of sp³-hybridized carbons (Fsp3) is 0.250. The van der Waals surface area contributed by atoms with Gasteiger partial charge in [0.25, 0.3) is 0 Å². The Balaban J connectivity index is 1.90. The quantitative estimate of drug-likeness (QED) is 0.616. The van der Waals surface area contributed by atoms with Gasteiger partial charge in [-0.15, -0.1) is 0 Å². The van der Waals surface area contributed by atoms with Crippen LogP contribution in [0.4, 0.5) is 0 Å². The van der Waals surface area contributed by atoms with E-state index in [0.29, 0.717) is 5.56 Å². The maximum atomic E-state index is 12.5. The molecular weight excluding hydrogens is 336 g/mol. The molecule has 2 aromatic carbocycles. The van der Waals surface area contributed by atoms with E-state index in [2.05, 4.69) is 0 Å². The maximum Gasteiger partial charge on any atom is 0.238 e. The number of aromatic hydroxyl groups is 3. The normalized spacial score (nSPS) is 15.5. The minimum absolute atomic E-state index is 0.00426.